The third-order valence-corrected chi connectivity index (χ3v) is 5.25. The number of hydrogen-bond donors (Lipinski definition) is 1. The summed E-state index contributed by atoms with van der Waals surface area (Å²) in [4.78, 5) is 14.3. The van der Waals surface area contributed by atoms with Crippen LogP contribution in [0.3, 0.4) is 0 Å². The zero-order chi connectivity index (χ0) is 15.5. The number of rotatable bonds is 3. The van der Waals surface area contributed by atoms with E-state index in [9.17, 15) is 4.79 Å². The van der Waals surface area contributed by atoms with Crippen LogP contribution in [-0.4, -0.2) is 36.5 Å². The molecular weight excluding hydrogens is 260 g/mol. The Kier molecular flexibility index (Phi) is 5.70. The van der Waals surface area contributed by atoms with Crippen molar-refractivity contribution in [3.05, 3.63) is 0 Å². The van der Waals surface area contributed by atoms with Crippen molar-refractivity contribution in [2.45, 2.75) is 72.3 Å². The fraction of sp³-hybridized carbons (Fsp3) is 0.944. The summed E-state index contributed by atoms with van der Waals surface area (Å²) < 4.78 is 0. The van der Waals surface area contributed by atoms with Gasteiger partial charge in [-0.15, -0.1) is 0 Å². The number of carbonyl (C=O) groups is 1. The summed E-state index contributed by atoms with van der Waals surface area (Å²) in [6, 6.07) is 0.619. The summed E-state index contributed by atoms with van der Waals surface area (Å²) in [6.45, 7) is 11.5. The van der Waals surface area contributed by atoms with Crippen molar-refractivity contribution in [1.82, 2.24) is 10.2 Å². The molecule has 0 aromatic rings. The molecule has 1 heterocycles. The second kappa shape index (κ2) is 7.13. The fourth-order valence-electron chi connectivity index (χ4n) is 3.63. The molecule has 1 amide bonds. The topological polar surface area (TPSA) is 32.3 Å². The summed E-state index contributed by atoms with van der Waals surface area (Å²) in [6.07, 6.45) is 7.84. The zero-order valence-electron chi connectivity index (χ0n) is 14.5. The van der Waals surface area contributed by atoms with Crippen LogP contribution in [0.2, 0.25) is 0 Å². The molecule has 1 saturated heterocycles. The smallest absolute Gasteiger partial charge is 0.227 e. The monoisotopic (exact) mass is 294 g/mol. The highest BCUT2D eigenvalue weighted by atomic mass is 16.2. The molecule has 1 saturated carbocycles. The van der Waals surface area contributed by atoms with Crippen molar-refractivity contribution in [1.29, 1.82) is 0 Å². The Labute approximate surface area is 130 Å². The number of likely N-dealkylation sites (tertiary alicyclic amines) is 1. The van der Waals surface area contributed by atoms with Crippen LogP contribution in [0.4, 0.5) is 0 Å². The predicted octanol–water partition coefficient (Wildman–Crippen LogP) is 3.44. The highest BCUT2D eigenvalue weighted by molar-refractivity contribution is 5.81. The van der Waals surface area contributed by atoms with Crippen molar-refractivity contribution >= 4 is 5.91 Å². The van der Waals surface area contributed by atoms with Crippen LogP contribution in [0.15, 0.2) is 0 Å². The van der Waals surface area contributed by atoms with Gasteiger partial charge >= 0.3 is 0 Å². The summed E-state index contributed by atoms with van der Waals surface area (Å²) in [5.74, 6) is 2.13. The van der Waals surface area contributed by atoms with Gasteiger partial charge < -0.3 is 10.2 Å². The molecule has 0 spiro atoms. The largest absolute Gasteiger partial charge is 0.342 e. The SMILES string of the molecule is CC1CCC(CNC2CCN(C(=O)C(C)(C)C)CC2)CC1. The molecule has 2 fully saturated rings. The minimum absolute atomic E-state index is 0.237. The van der Waals surface area contributed by atoms with E-state index in [4.69, 9.17) is 0 Å². The first kappa shape index (κ1) is 16.8. The first-order chi connectivity index (χ1) is 9.86. The molecule has 0 aromatic heterocycles. The normalized spacial score (nSPS) is 28.7. The number of amides is 1. The van der Waals surface area contributed by atoms with Gasteiger partial charge in [-0.1, -0.05) is 40.5 Å². The molecular formula is C18H34N2O. The maximum Gasteiger partial charge on any atom is 0.227 e. The number of nitrogens with one attached hydrogen (secondary N) is 1. The third-order valence-electron chi connectivity index (χ3n) is 5.25. The molecule has 2 rings (SSSR count). The van der Waals surface area contributed by atoms with Crippen LogP contribution in [0, 0.1) is 17.3 Å². The quantitative estimate of drug-likeness (QED) is 0.865. The second-order valence-electron chi connectivity index (χ2n) is 8.35. The zero-order valence-corrected chi connectivity index (χ0v) is 14.5. The first-order valence-electron chi connectivity index (χ1n) is 8.89. The summed E-state index contributed by atoms with van der Waals surface area (Å²) in [5, 5.41) is 3.77. The molecule has 1 N–H and O–H groups in total. The van der Waals surface area contributed by atoms with Crippen LogP contribution in [0.1, 0.15) is 66.2 Å². The van der Waals surface area contributed by atoms with Crippen molar-refractivity contribution in [2.75, 3.05) is 19.6 Å². The third kappa shape index (κ3) is 4.98. The van der Waals surface area contributed by atoms with Gasteiger partial charge in [-0.3, -0.25) is 4.79 Å². The summed E-state index contributed by atoms with van der Waals surface area (Å²) in [5.41, 5.74) is -0.237. The molecule has 0 atom stereocenters. The van der Waals surface area contributed by atoms with Gasteiger partial charge in [0.05, 0.1) is 0 Å². The van der Waals surface area contributed by atoms with Crippen LogP contribution >= 0.6 is 0 Å². The van der Waals surface area contributed by atoms with Crippen molar-refractivity contribution in [3.8, 4) is 0 Å². The number of carbonyl (C=O) groups excluding carboxylic acids is 1. The summed E-state index contributed by atoms with van der Waals surface area (Å²) in [7, 11) is 0. The lowest BCUT2D eigenvalue weighted by Crippen LogP contribution is -2.48. The van der Waals surface area contributed by atoms with Gasteiger partial charge in [0.15, 0.2) is 0 Å². The molecule has 122 valence electrons. The molecule has 0 radical (unpaired) electrons. The van der Waals surface area contributed by atoms with E-state index in [0.717, 1.165) is 37.8 Å². The molecule has 21 heavy (non-hydrogen) atoms. The Hall–Kier alpha value is -0.570. The van der Waals surface area contributed by atoms with Gasteiger partial charge in [0, 0.05) is 24.5 Å². The van der Waals surface area contributed by atoms with E-state index in [1.807, 2.05) is 20.8 Å². The van der Waals surface area contributed by atoms with E-state index >= 15 is 0 Å². The minimum atomic E-state index is -0.237. The standard InChI is InChI=1S/C18H34N2O/c1-14-5-7-15(8-6-14)13-19-16-9-11-20(12-10-16)17(21)18(2,3)4/h14-16,19H,5-13H2,1-4H3. The fourth-order valence-corrected chi connectivity index (χ4v) is 3.63. The van der Waals surface area contributed by atoms with E-state index in [-0.39, 0.29) is 5.41 Å². The second-order valence-corrected chi connectivity index (χ2v) is 8.35. The van der Waals surface area contributed by atoms with Crippen molar-refractivity contribution in [3.63, 3.8) is 0 Å². The van der Waals surface area contributed by atoms with Crippen molar-refractivity contribution in [2.24, 2.45) is 17.3 Å². The van der Waals surface area contributed by atoms with Gasteiger partial charge in [-0.05, 0) is 44.1 Å². The van der Waals surface area contributed by atoms with E-state index < -0.39 is 0 Å². The van der Waals surface area contributed by atoms with Crippen LogP contribution in [0.25, 0.3) is 0 Å². The molecule has 3 nitrogen and oxygen atoms in total. The maximum atomic E-state index is 12.3. The van der Waals surface area contributed by atoms with E-state index in [1.165, 1.54) is 32.2 Å². The Balaban J connectivity index is 1.66. The minimum Gasteiger partial charge on any atom is -0.342 e. The average molecular weight is 294 g/mol. The molecule has 1 aliphatic heterocycles. The molecule has 3 heteroatoms. The van der Waals surface area contributed by atoms with E-state index in [0.29, 0.717) is 11.9 Å². The van der Waals surface area contributed by atoms with E-state index in [2.05, 4.69) is 17.1 Å². The molecule has 1 aliphatic carbocycles. The average Bonchev–Trinajstić information content (AvgIpc) is 2.45. The number of hydrogen-bond acceptors (Lipinski definition) is 2. The Morgan fingerprint density at radius 3 is 2.14 bits per heavy atom. The summed E-state index contributed by atoms with van der Waals surface area (Å²) >= 11 is 0. The highest BCUT2D eigenvalue weighted by Gasteiger charge is 2.30. The number of nitrogens with zero attached hydrogens (tertiary/aromatic N) is 1. The van der Waals surface area contributed by atoms with Gasteiger partial charge in [0.1, 0.15) is 0 Å². The van der Waals surface area contributed by atoms with Gasteiger partial charge in [-0.2, -0.15) is 0 Å². The van der Waals surface area contributed by atoms with E-state index in [1.54, 1.807) is 0 Å². The lowest BCUT2D eigenvalue weighted by Gasteiger charge is -2.37. The molecule has 0 aromatic carbocycles. The Morgan fingerprint density at radius 1 is 1.05 bits per heavy atom. The van der Waals surface area contributed by atoms with Gasteiger partial charge in [0.25, 0.3) is 0 Å². The maximum absolute atomic E-state index is 12.3. The van der Waals surface area contributed by atoms with Crippen molar-refractivity contribution < 1.29 is 4.79 Å². The molecule has 0 unspecified atom stereocenters. The lowest BCUT2D eigenvalue weighted by atomic mass is 9.83. The Bertz CT molecular complexity index is 332. The lowest BCUT2D eigenvalue weighted by molar-refractivity contribution is -0.140. The van der Waals surface area contributed by atoms with Crippen LogP contribution in [0.5, 0.6) is 0 Å². The van der Waals surface area contributed by atoms with Gasteiger partial charge in [0.2, 0.25) is 5.91 Å². The van der Waals surface area contributed by atoms with Crippen LogP contribution < -0.4 is 5.32 Å². The first-order valence-corrected chi connectivity index (χ1v) is 8.89. The molecule has 2 aliphatic rings. The van der Waals surface area contributed by atoms with Gasteiger partial charge in [-0.25, -0.2) is 0 Å². The highest BCUT2D eigenvalue weighted by Crippen LogP contribution is 2.28. The van der Waals surface area contributed by atoms with Crippen LogP contribution in [-0.2, 0) is 4.79 Å². The predicted molar refractivity (Wildman–Crippen MR) is 88.2 cm³/mol. The molecule has 0 bridgehead atoms. The Morgan fingerprint density at radius 2 is 1.62 bits per heavy atom. The number of piperidine rings is 1.